The predicted octanol–water partition coefficient (Wildman–Crippen LogP) is -0.0240. The Labute approximate surface area is 123 Å². The molecule has 112 valence electrons. The van der Waals surface area contributed by atoms with E-state index in [1.807, 2.05) is 6.07 Å². The van der Waals surface area contributed by atoms with Gasteiger partial charge in [-0.3, -0.25) is 9.59 Å². The Kier molecular flexibility index (Phi) is 3.65. The molecule has 2 amide bonds. The second-order valence-electron chi connectivity index (χ2n) is 5.63. The molecule has 1 fully saturated rings. The van der Waals surface area contributed by atoms with Crippen LogP contribution in [0.3, 0.4) is 0 Å². The van der Waals surface area contributed by atoms with Gasteiger partial charge in [0, 0.05) is 37.8 Å². The molecule has 0 aliphatic carbocycles. The quantitative estimate of drug-likeness (QED) is 0.714. The summed E-state index contributed by atoms with van der Waals surface area (Å²) in [5, 5.41) is 15.7. The molecule has 2 atom stereocenters. The highest BCUT2D eigenvalue weighted by Crippen LogP contribution is 2.24. The number of benzene rings is 1. The van der Waals surface area contributed by atoms with E-state index in [4.69, 9.17) is 0 Å². The second-order valence-corrected chi connectivity index (χ2v) is 5.63. The van der Waals surface area contributed by atoms with Crippen molar-refractivity contribution in [3.8, 4) is 0 Å². The van der Waals surface area contributed by atoms with Gasteiger partial charge in [-0.15, -0.1) is 0 Å². The van der Waals surface area contributed by atoms with Crippen molar-refractivity contribution in [3.63, 3.8) is 0 Å². The first-order valence-corrected chi connectivity index (χ1v) is 7.15. The normalized spacial score (nSPS) is 24.4. The molecule has 3 N–H and O–H groups in total. The van der Waals surface area contributed by atoms with Crippen LogP contribution in [0.15, 0.2) is 18.2 Å². The number of nitrogens with zero attached hydrogens (tertiary/aromatic N) is 1. The molecule has 6 nitrogen and oxygen atoms in total. The van der Waals surface area contributed by atoms with Crippen molar-refractivity contribution in [2.75, 3.05) is 25.5 Å². The van der Waals surface area contributed by atoms with Gasteiger partial charge in [-0.1, -0.05) is 0 Å². The molecule has 0 spiro atoms. The molecule has 21 heavy (non-hydrogen) atoms. The maximum Gasteiger partial charge on any atom is 0.253 e. The third kappa shape index (κ3) is 2.64. The average molecular weight is 289 g/mol. The molecule has 2 aliphatic heterocycles. The van der Waals surface area contributed by atoms with Crippen molar-refractivity contribution < 1.29 is 14.7 Å². The summed E-state index contributed by atoms with van der Waals surface area (Å²) in [6, 6.07) is 5.13. The van der Waals surface area contributed by atoms with Gasteiger partial charge >= 0.3 is 0 Å². The highest BCUT2D eigenvalue weighted by Gasteiger charge is 2.31. The summed E-state index contributed by atoms with van der Waals surface area (Å²) < 4.78 is 0. The fourth-order valence-electron chi connectivity index (χ4n) is 2.92. The third-order valence-corrected chi connectivity index (χ3v) is 4.22. The first-order chi connectivity index (χ1) is 10.1. The molecule has 0 bridgehead atoms. The Balaban J connectivity index is 1.80. The van der Waals surface area contributed by atoms with Crippen LogP contribution in [0.1, 0.15) is 22.3 Å². The number of aryl methyl sites for hydroxylation is 1. The Morgan fingerprint density at radius 1 is 1.33 bits per heavy atom. The van der Waals surface area contributed by atoms with E-state index in [-0.39, 0.29) is 17.9 Å². The third-order valence-electron chi connectivity index (χ3n) is 4.22. The largest absolute Gasteiger partial charge is 0.390 e. The summed E-state index contributed by atoms with van der Waals surface area (Å²) in [4.78, 5) is 25.5. The van der Waals surface area contributed by atoms with Crippen molar-refractivity contribution >= 4 is 17.5 Å². The summed E-state index contributed by atoms with van der Waals surface area (Å²) in [5.41, 5.74) is 2.36. The number of hydrogen-bond acceptors (Lipinski definition) is 4. The van der Waals surface area contributed by atoms with Gasteiger partial charge in [0.1, 0.15) is 0 Å². The molecule has 0 unspecified atom stereocenters. The minimum absolute atomic E-state index is 0.0128. The molecule has 2 aliphatic rings. The lowest BCUT2D eigenvalue weighted by Gasteiger charge is -2.27. The smallest absolute Gasteiger partial charge is 0.253 e. The zero-order chi connectivity index (χ0) is 15.0. The molecule has 2 heterocycles. The number of carbonyl (C=O) groups excluding carboxylic acids is 2. The van der Waals surface area contributed by atoms with Gasteiger partial charge in [-0.2, -0.15) is 0 Å². The molecule has 0 radical (unpaired) electrons. The van der Waals surface area contributed by atoms with E-state index in [1.54, 1.807) is 24.1 Å². The molecule has 3 rings (SSSR count). The Hall–Kier alpha value is -1.92. The summed E-state index contributed by atoms with van der Waals surface area (Å²) in [5.74, 6) is -0.0960. The molecular weight excluding hydrogens is 270 g/mol. The van der Waals surface area contributed by atoms with Crippen LogP contribution in [0.5, 0.6) is 0 Å². The van der Waals surface area contributed by atoms with E-state index in [0.717, 1.165) is 11.3 Å². The standard InChI is InChI=1S/C15H19N3O3/c1-18(12-7-16-8-13(12)19)15(21)10-2-4-11-9(6-10)3-5-14(20)17-11/h2,4,6,12-13,16,19H,3,5,7-8H2,1H3,(H,17,20)/t12-,13-/m1/s1. The SMILES string of the molecule is CN(C(=O)c1ccc2c(c1)CCC(=O)N2)[C@@H]1CNC[C@H]1O. The zero-order valence-electron chi connectivity index (χ0n) is 11.9. The number of hydrogen-bond donors (Lipinski definition) is 3. The average Bonchev–Trinajstić information content (AvgIpc) is 2.91. The van der Waals surface area contributed by atoms with E-state index in [1.165, 1.54) is 0 Å². The van der Waals surface area contributed by atoms with E-state index in [0.29, 0.717) is 31.5 Å². The Morgan fingerprint density at radius 2 is 2.14 bits per heavy atom. The lowest BCUT2D eigenvalue weighted by molar-refractivity contribution is -0.116. The van der Waals surface area contributed by atoms with Gasteiger partial charge < -0.3 is 20.6 Å². The fourth-order valence-corrected chi connectivity index (χ4v) is 2.92. The number of likely N-dealkylation sites (N-methyl/N-ethyl adjacent to an activating group) is 1. The maximum absolute atomic E-state index is 12.5. The highest BCUT2D eigenvalue weighted by molar-refractivity contribution is 5.98. The number of aliphatic hydroxyl groups is 1. The molecular formula is C15H19N3O3. The van der Waals surface area contributed by atoms with Gasteiger partial charge in [-0.05, 0) is 30.2 Å². The Bertz CT molecular complexity index is 588. The first-order valence-electron chi connectivity index (χ1n) is 7.15. The monoisotopic (exact) mass is 289 g/mol. The summed E-state index contributed by atoms with van der Waals surface area (Å²) in [7, 11) is 1.71. The minimum atomic E-state index is -0.532. The van der Waals surface area contributed by atoms with Crippen LogP contribution in [-0.4, -0.2) is 54.1 Å². The van der Waals surface area contributed by atoms with Crippen LogP contribution in [0.2, 0.25) is 0 Å². The van der Waals surface area contributed by atoms with E-state index < -0.39 is 6.10 Å². The predicted molar refractivity (Wildman–Crippen MR) is 78.2 cm³/mol. The van der Waals surface area contributed by atoms with Crippen LogP contribution in [-0.2, 0) is 11.2 Å². The molecule has 6 heteroatoms. The van der Waals surface area contributed by atoms with Crippen LogP contribution in [0.25, 0.3) is 0 Å². The first kappa shape index (κ1) is 14.0. The topological polar surface area (TPSA) is 81.7 Å². The van der Waals surface area contributed by atoms with Crippen molar-refractivity contribution in [1.82, 2.24) is 10.2 Å². The van der Waals surface area contributed by atoms with Crippen molar-refractivity contribution in [2.45, 2.75) is 25.0 Å². The number of fused-ring (bicyclic) bond motifs is 1. The van der Waals surface area contributed by atoms with Gasteiger partial charge in [0.25, 0.3) is 5.91 Å². The van der Waals surface area contributed by atoms with Crippen LogP contribution < -0.4 is 10.6 Å². The fraction of sp³-hybridized carbons (Fsp3) is 0.467. The highest BCUT2D eigenvalue weighted by atomic mass is 16.3. The Morgan fingerprint density at radius 3 is 2.86 bits per heavy atom. The summed E-state index contributed by atoms with van der Waals surface area (Å²) >= 11 is 0. The number of amides is 2. The number of carbonyl (C=O) groups is 2. The number of nitrogens with one attached hydrogen (secondary N) is 2. The van der Waals surface area contributed by atoms with Crippen LogP contribution in [0, 0.1) is 0 Å². The minimum Gasteiger partial charge on any atom is -0.390 e. The molecule has 1 saturated heterocycles. The number of anilines is 1. The zero-order valence-corrected chi connectivity index (χ0v) is 11.9. The maximum atomic E-state index is 12.5. The number of aliphatic hydroxyl groups excluding tert-OH is 1. The molecule has 1 aromatic carbocycles. The number of β-amino-alcohol motifs (C(OH)–C–C–N with tert-alkyl or cyclic N) is 1. The van der Waals surface area contributed by atoms with Crippen LogP contribution in [0.4, 0.5) is 5.69 Å². The van der Waals surface area contributed by atoms with Gasteiger partial charge in [0.15, 0.2) is 0 Å². The lowest BCUT2D eigenvalue weighted by Crippen LogP contribution is -2.44. The summed E-state index contributed by atoms with van der Waals surface area (Å²) in [6.07, 6.45) is 0.571. The van der Waals surface area contributed by atoms with Crippen molar-refractivity contribution in [2.24, 2.45) is 0 Å². The molecule has 1 aromatic rings. The summed E-state index contributed by atoms with van der Waals surface area (Å²) in [6.45, 7) is 1.11. The van der Waals surface area contributed by atoms with E-state index >= 15 is 0 Å². The van der Waals surface area contributed by atoms with Gasteiger partial charge in [-0.25, -0.2) is 0 Å². The van der Waals surface area contributed by atoms with E-state index in [2.05, 4.69) is 10.6 Å². The lowest BCUT2D eigenvalue weighted by atomic mass is 9.99. The second kappa shape index (κ2) is 5.46. The van der Waals surface area contributed by atoms with Crippen molar-refractivity contribution in [3.05, 3.63) is 29.3 Å². The molecule has 0 aromatic heterocycles. The molecule has 0 saturated carbocycles. The van der Waals surface area contributed by atoms with Gasteiger partial charge in [0.2, 0.25) is 5.91 Å². The van der Waals surface area contributed by atoms with E-state index in [9.17, 15) is 14.7 Å². The number of rotatable bonds is 2. The van der Waals surface area contributed by atoms with Crippen LogP contribution >= 0.6 is 0 Å². The van der Waals surface area contributed by atoms with Crippen molar-refractivity contribution in [1.29, 1.82) is 0 Å². The van der Waals surface area contributed by atoms with Gasteiger partial charge in [0.05, 0.1) is 12.1 Å².